The van der Waals surface area contributed by atoms with Gasteiger partial charge in [-0.15, -0.1) is 0 Å². The molecule has 0 bridgehead atoms. The van der Waals surface area contributed by atoms with Crippen molar-refractivity contribution in [3.8, 4) is 0 Å². The van der Waals surface area contributed by atoms with Crippen molar-refractivity contribution in [1.29, 1.82) is 0 Å². The van der Waals surface area contributed by atoms with Gasteiger partial charge in [0.15, 0.2) is 0 Å². The molecule has 0 saturated carbocycles. The average Bonchev–Trinajstić information content (AvgIpc) is 3.32. The van der Waals surface area contributed by atoms with Crippen molar-refractivity contribution >= 4 is 13.7 Å². The number of unbranched alkanes of at least 4 members (excludes halogenated alkanes) is 31. The van der Waals surface area contributed by atoms with E-state index in [2.05, 4.69) is 79.9 Å². The van der Waals surface area contributed by atoms with E-state index in [4.69, 9.17) is 9.05 Å². The lowest BCUT2D eigenvalue weighted by molar-refractivity contribution is -0.870. The van der Waals surface area contributed by atoms with Gasteiger partial charge in [0.2, 0.25) is 5.91 Å². The molecule has 0 spiro atoms. The van der Waals surface area contributed by atoms with E-state index in [1.165, 1.54) is 167 Å². The second kappa shape index (κ2) is 52.1. The second-order valence-corrected chi connectivity index (χ2v) is 22.7. The molecule has 0 aromatic heterocycles. The molecule has 8 nitrogen and oxygen atoms in total. The van der Waals surface area contributed by atoms with Crippen LogP contribution in [-0.2, 0) is 18.4 Å². The van der Waals surface area contributed by atoms with Gasteiger partial charge in [-0.2, -0.15) is 0 Å². The highest BCUT2D eigenvalue weighted by molar-refractivity contribution is 7.45. The summed E-state index contributed by atoms with van der Waals surface area (Å²) >= 11 is 0. The SMILES string of the molecule is CC/C=C\C/C=C\C/C=C\C/C=C\C/C=C\CCCCCCCCCCCC(=O)NC(COP(=O)([O-])OCC[N+](C)(C)C)C(O)CCCCCCCCCCCCCCCCCCCCCCCCC. The zero-order valence-electron chi connectivity index (χ0n) is 46.7. The molecule has 0 saturated heterocycles. The van der Waals surface area contributed by atoms with Crippen LogP contribution in [-0.4, -0.2) is 68.5 Å². The van der Waals surface area contributed by atoms with Gasteiger partial charge in [-0.25, -0.2) is 0 Å². The molecule has 0 heterocycles. The van der Waals surface area contributed by atoms with E-state index < -0.39 is 20.0 Å². The fourth-order valence-corrected chi connectivity index (χ4v) is 9.38. The Morgan fingerprint density at radius 2 is 0.871 bits per heavy atom. The summed E-state index contributed by atoms with van der Waals surface area (Å²) in [5, 5.41) is 14.0. The summed E-state index contributed by atoms with van der Waals surface area (Å²) in [6.45, 7) is 4.63. The Balaban J connectivity index is 4.18. The Kier molecular flexibility index (Phi) is 50.7. The number of amides is 1. The van der Waals surface area contributed by atoms with E-state index in [1.54, 1.807) is 0 Å². The summed E-state index contributed by atoms with van der Waals surface area (Å²) in [5.41, 5.74) is 0. The van der Waals surface area contributed by atoms with Gasteiger partial charge in [-0.05, 0) is 57.8 Å². The minimum Gasteiger partial charge on any atom is -0.756 e. The fraction of sp³-hybridized carbons (Fsp3) is 0.820. The van der Waals surface area contributed by atoms with Crippen LogP contribution >= 0.6 is 7.82 Å². The van der Waals surface area contributed by atoms with Crippen molar-refractivity contribution in [3.63, 3.8) is 0 Å². The van der Waals surface area contributed by atoms with Crippen LogP contribution in [0.15, 0.2) is 60.8 Å². The molecule has 0 aromatic carbocycles. The maximum atomic E-state index is 13.0. The van der Waals surface area contributed by atoms with Crippen molar-refractivity contribution in [2.75, 3.05) is 40.9 Å². The minimum absolute atomic E-state index is 0.00910. The minimum atomic E-state index is -4.58. The van der Waals surface area contributed by atoms with E-state index in [0.29, 0.717) is 23.9 Å². The number of carbonyl (C=O) groups excluding carboxylic acids is 1. The number of hydrogen-bond acceptors (Lipinski definition) is 6. The Hall–Kier alpha value is -1.80. The molecule has 0 aliphatic rings. The highest BCUT2D eigenvalue weighted by Gasteiger charge is 2.24. The lowest BCUT2D eigenvalue weighted by Crippen LogP contribution is -2.46. The number of nitrogens with zero attached hydrogens (tertiary/aromatic N) is 1. The number of quaternary nitrogens is 1. The molecule has 0 aliphatic heterocycles. The third-order valence-corrected chi connectivity index (χ3v) is 14.2. The molecule has 0 aromatic rings. The number of likely N-dealkylation sites (N-methyl/N-ethyl adjacent to an activating group) is 1. The van der Waals surface area contributed by atoms with Gasteiger partial charge in [0.05, 0.1) is 39.9 Å². The molecule has 9 heteroatoms. The standard InChI is InChI=1S/C61H115N2O6P/c1-6-8-10-12-14-16-18-20-22-24-26-28-30-31-33-35-37-39-41-43-45-47-49-51-53-55-61(65)62-59(58-69-70(66,67)68-57-56-63(3,4)5)60(64)54-52-50-48-46-44-42-40-38-36-34-32-29-27-25-23-21-19-17-15-13-11-9-7-2/h8,10,14,16,20,22,26,28,31,33,59-60,64H,6-7,9,11-13,15,17-19,21,23-25,27,29-30,32,34-58H2,1-5H3,(H-,62,65,66,67)/b10-8-,16-14-,22-20-,28-26-,33-31-. The smallest absolute Gasteiger partial charge is 0.268 e. The first-order valence-electron chi connectivity index (χ1n) is 29.6. The summed E-state index contributed by atoms with van der Waals surface area (Å²) in [5.74, 6) is -0.170. The Labute approximate surface area is 434 Å². The number of carbonyl (C=O) groups is 1. The van der Waals surface area contributed by atoms with Gasteiger partial charge in [0.25, 0.3) is 7.82 Å². The van der Waals surface area contributed by atoms with E-state index in [9.17, 15) is 19.4 Å². The summed E-state index contributed by atoms with van der Waals surface area (Å²) in [7, 11) is 1.30. The first-order valence-corrected chi connectivity index (χ1v) is 31.1. The highest BCUT2D eigenvalue weighted by Crippen LogP contribution is 2.38. The van der Waals surface area contributed by atoms with Gasteiger partial charge in [-0.3, -0.25) is 9.36 Å². The van der Waals surface area contributed by atoms with Gasteiger partial charge in [0.1, 0.15) is 13.2 Å². The molecule has 0 rings (SSSR count). The zero-order chi connectivity index (χ0) is 51.3. The van der Waals surface area contributed by atoms with Gasteiger partial charge >= 0.3 is 0 Å². The number of allylic oxidation sites excluding steroid dienone is 10. The van der Waals surface area contributed by atoms with Crippen LogP contribution in [0.1, 0.15) is 271 Å². The monoisotopic (exact) mass is 1000 g/mol. The van der Waals surface area contributed by atoms with E-state index >= 15 is 0 Å². The summed E-state index contributed by atoms with van der Waals surface area (Å²) in [6, 6.07) is -0.808. The normalized spacial score (nSPS) is 14.3. The van der Waals surface area contributed by atoms with Crippen LogP contribution in [0.5, 0.6) is 0 Å². The maximum absolute atomic E-state index is 13.0. The topological polar surface area (TPSA) is 108 Å². The second-order valence-electron chi connectivity index (χ2n) is 21.3. The number of phosphoric acid groups is 1. The van der Waals surface area contributed by atoms with Gasteiger partial charge < -0.3 is 28.8 Å². The Morgan fingerprint density at radius 3 is 1.27 bits per heavy atom. The largest absolute Gasteiger partial charge is 0.756 e. The molecular weight excluding hydrogens is 888 g/mol. The number of aliphatic hydroxyl groups excluding tert-OH is 1. The summed E-state index contributed by atoms with van der Waals surface area (Å²) < 4.78 is 23.4. The molecule has 0 radical (unpaired) electrons. The van der Waals surface area contributed by atoms with E-state index in [-0.39, 0.29) is 19.1 Å². The van der Waals surface area contributed by atoms with Gasteiger partial charge in [0, 0.05) is 6.42 Å². The lowest BCUT2D eigenvalue weighted by atomic mass is 10.0. The first-order chi connectivity index (χ1) is 34.0. The maximum Gasteiger partial charge on any atom is 0.268 e. The molecule has 3 atom stereocenters. The Morgan fingerprint density at radius 1 is 0.514 bits per heavy atom. The van der Waals surface area contributed by atoms with Crippen molar-refractivity contribution in [2.45, 2.75) is 283 Å². The van der Waals surface area contributed by atoms with E-state index in [1.807, 2.05) is 21.1 Å². The molecule has 2 N–H and O–H groups in total. The zero-order valence-corrected chi connectivity index (χ0v) is 47.6. The van der Waals surface area contributed by atoms with Crippen LogP contribution < -0.4 is 10.2 Å². The quantitative estimate of drug-likeness (QED) is 0.0272. The molecule has 3 unspecified atom stereocenters. The number of rotatable bonds is 54. The summed E-state index contributed by atoms with van der Waals surface area (Å²) in [6.07, 6.45) is 69.6. The third kappa shape index (κ3) is 54.0. The number of phosphoric ester groups is 1. The van der Waals surface area contributed by atoms with Crippen molar-refractivity contribution in [2.24, 2.45) is 0 Å². The molecule has 0 fully saturated rings. The van der Waals surface area contributed by atoms with Crippen LogP contribution in [0, 0.1) is 0 Å². The molecular formula is C61H115N2O6P. The average molecular weight is 1000 g/mol. The Bertz CT molecular complexity index is 1320. The van der Waals surface area contributed by atoms with Crippen molar-refractivity contribution in [1.82, 2.24) is 5.32 Å². The molecule has 70 heavy (non-hydrogen) atoms. The van der Waals surface area contributed by atoms with Crippen LogP contribution in [0.3, 0.4) is 0 Å². The third-order valence-electron chi connectivity index (χ3n) is 13.3. The number of aliphatic hydroxyl groups is 1. The molecule has 1 amide bonds. The fourth-order valence-electron chi connectivity index (χ4n) is 8.66. The van der Waals surface area contributed by atoms with Crippen molar-refractivity contribution in [3.05, 3.63) is 60.8 Å². The number of hydrogen-bond donors (Lipinski definition) is 2. The van der Waals surface area contributed by atoms with Gasteiger partial charge in [-0.1, -0.05) is 267 Å². The molecule has 410 valence electrons. The first kappa shape index (κ1) is 68.2. The highest BCUT2D eigenvalue weighted by atomic mass is 31.2. The van der Waals surface area contributed by atoms with E-state index in [0.717, 1.165) is 77.0 Å². The predicted octanol–water partition coefficient (Wildman–Crippen LogP) is 17.5. The van der Waals surface area contributed by atoms with Crippen LogP contribution in [0.25, 0.3) is 0 Å². The van der Waals surface area contributed by atoms with Crippen LogP contribution in [0.4, 0.5) is 0 Å². The lowest BCUT2D eigenvalue weighted by Gasteiger charge is -2.30. The predicted molar refractivity (Wildman–Crippen MR) is 302 cm³/mol. The number of nitrogens with one attached hydrogen (secondary N) is 1. The summed E-state index contributed by atoms with van der Waals surface area (Å²) in [4.78, 5) is 25.6. The van der Waals surface area contributed by atoms with Crippen LogP contribution in [0.2, 0.25) is 0 Å². The van der Waals surface area contributed by atoms with Crippen molar-refractivity contribution < 1.29 is 32.9 Å². The molecule has 0 aliphatic carbocycles.